The SMILES string of the molecule is CNCC#Cc1nc(C)ccc1O. The van der Waals surface area contributed by atoms with Crippen LogP contribution >= 0.6 is 0 Å². The molecular formula is C10H12N2O. The Hall–Kier alpha value is -1.53. The Morgan fingerprint density at radius 3 is 3.00 bits per heavy atom. The zero-order chi connectivity index (χ0) is 9.68. The minimum absolute atomic E-state index is 0.134. The van der Waals surface area contributed by atoms with Crippen molar-refractivity contribution in [2.75, 3.05) is 13.6 Å². The number of pyridine rings is 1. The van der Waals surface area contributed by atoms with Gasteiger partial charge < -0.3 is 10.4 Å². The largest absolute Gasteiger partial charge is 0.505 e. The lowest BCUT2D eigenvalue weighted by Crippen LogP contribution is -2.04. The number of nitrogens with zero attached hydrogens (tertiary/aromatic N) is 1. The van der Waals surface area contributed by atoms with Gasteiger partial charge in [-0.05, 0) is 32.0 Å². The van der Waals surface area contributed by atoms with Crippen LogP contribution in [0.25, 0.3) is 0 Å². The zero-order valence-electron chi connectivity index (χ0n) is 7.76. The van der Waals surface area contributed by atoms with E-state index in [1.54, 1.807) is 12.1 Å². The van der Waals surface area contributed by atoms with Gasteiger partial charge in [-0.1, -0.05) is 5.92 Å². The van der Waals surface area contributed by atoms with Crippen LogP contribution in [0.2, 0.25) is 0 Å². The van der Waals surface area contributed by atoms with Crippen LogP contribution in [-0.4, -0.2) is 23.7 Å². The fraction of sp³-hybridized carbons (Fsp3) is 0.300. The lowest BCUT2D eigenvalue weighted by atomic mass is 10.3. The Morgan fingerprint density at radius 2 is 2.31 bits per heavy atom. The van der Waals surface area contributed by atoms with Gasteiger partial charge in [0, 0.05) is 5.69 Å². The van der Waals surface area contributed by atoms with Crippen molar-refractivity contribution in [1.82, 2.24) is 10.3 Å². The summed E-state index contributed by atoms with van der Waals surface area (Å²) in [5.74, 6) is 5.75. The van der Waals surface area contributed by atoms with Crippen LogP contribution in [-0.2, 0) is 0 Å². The summed E-state index contributed by atoms with van der Waals surface area (Å²) < 4.78 is 0. The average Bonchev–Trinajstić information content (AvgIpc) is 2.11. The quantitative estimate of drug-likeness (QED) is 0.618. The van der Waals surface area contributed by atoms with E-state index in [0.29, 0.717) is 12.2 Å². The topological polar surface area (TPSA) is 45.2 Å². The molecule has 1 rings (SSSR count). The molecule has 0 bridgehead atoms. The summed E-state index contributed by atoms with van der Waals surface area (Å²) in [5, 5.41) is 12.2. The highest BCUT2D eigenvalue weighted by atomic mass is 16.3. The van der Waals surface area contributed by atoms with Crippen molar-refractivity contribution in [2.24, 2.45) is 0 Å². The van der Waals surface area contributed by atoms with Gasteiger partial charge >= 0.3 is 0 Å². The van der Waals surface area contributed by atoms with Gasteiger partial charge in [0.25, 0.3) is 0 Å². The smallest absolute Gasteiger partial charge is 0.155 e. The van der Waals surface area contributed by atoms with Gasteiger partial charge in [0.1, 0.15) is 5.75 Å². The Bertz CT molecular complexity index is 350. The van der Waals surface area contributed by atoms with Crippen molar-refractivity contribution in [1.29, 1.82) is 0 Å². The molecule has 13 heavy (non-hydrogen) atoms. The molecule has 0 unspecified atom stereocenters. The summed E-state index contributed by atoms with van der Waals surface area (Å²) in [6.07, 6.45) is 0. The first-order valence-corrected chi connectivity index (χ1v) is 4.04. The maximum Gasteiger partial charge on any atom is 0.155 e. The van der Waals surface area contributed by atoms with Crippen molar-refractivity contribution < 1.29 is 5.11 Å². The second-order valence-electron chi connectivity index (χ2n) is 2.65. The van der Waals surface area contributed by atoms with E-state index in [-0.39, 0.29) is 5.75 Å². The lowest BCUT2D eigenvalue weighted by molar-refractivity contribution is 0.470. The minimum Gasteiger partial charge on any atom is -0.505 e. The number of rotatable bonds is 1. The molecule has 0 saturated carbocycles. The van der Waals surface area contributed by atoms with Crippen LogP contribution in [0.5, 0.6) is 5.75 Å². The molecule has 0 atom stereocenters. The van der Waals surface area contributed by atoms with Crippen molar-refractivity contribution in [3.63, 3.8) is 0 Å². The number of aromatic hydroxyl groups is 1. The van der Waals surface area contributed by atoms with Crippen molar-refractivity contribution in [2.45, 2.75) is 6.92 Å². The number of aromatic nitrogens is 1. The predicted molar refractivity (Wildman–Crippen MR) is 51.4 cm³/mol. The molecule has 0 radical (unpaired) electrons. The Balaban J connectivity index is 2.89. The van der Waals surface area contributed by atoms with E-state index in [2.05, 4.69) is 22.1 Å². The number of hydrogen-bond acceptors (Lipinski definition) is 3. The van der Waals surface area contributed by atoms with Crippen LogP contribution in [0, 0.1) is 18.8 Å². The normalized spacial score (nSPS) is 9.08. The van der Waals surface area contributed by atoms with Crippen molar-refractivity contribution in [3.05, 3.63) is 23.5 Å². The van der Waals surface area contributed by atoms with Crippen molar-refractivity contribution >= 4 is 0 Å². The second kappa shape index (κ2) is 4.48. The van der Waals surface area contributed by atoms with Crippen LogP contribution in [0.4, 0.5) is 0 Å². The first-order valence-electron chi connectivity index (χ1n) is 4.04. The summed E-state index contributed by atoms with van der Waals surface area (Å²) >= 11 is 0. The zero-order valence-corrected chi connectivity index (χ0v) is 7.76. The van der Waals surface area contributed by atoms with E-state index >= 15 is 0 Å². The maximum atomic E-state index is 9.35. The van der Waals surface area contributed by atoms with E-state index in [4.69, 9.17) is 0 Å². The highest BCUT2D eigenvalue weighted by molar-refractivity contribution is 5.40. The molecule has 0 spiro atoms. The molecule has 0 fully saturated rings. The van der Waals surface area contributed by atoms with Gasteiger partial charge in [-0.25, -0.2) is 4.98 Å². The Morgan fingerprint density at radius 1 is 1.54 bits per heavy atom. The standard InChI is InChI=1S/C10H12N2O/c1-8-5-6-10(13)9(12-8)4-3-7-11-2/h5-6,11,13H,7H2,1-2H3. The molecular weight excluding hydrogens is 164 g/mol. The van der Waals surface area contributed by atoms with Gasteiger partial charge in [-0.15, -0.1) is 0 Å². The molecule has 0 saturated heterocycles. The molecule has 0 amide bonds. The van der Waals surface area contributed by atoms with Gasteiger partial charge in [-0.2, -0.15) is 0 Å². The summed E-state index contributed by atoms with van der Waals surface area (Å²) in [7, 11) is 1.82. The summed E-state index contributed by atoms with van der Waals surface area (Å²) in [6.45, 7) is 2.46. The van der Waals surface area contributed by atoms with Gasteiger partial charge in [0.05, 0.1) is 6.54 Å². The van der Waals surface area contributed by atoms with Gasteiger partial charge in [-0.3, -0.25) is 0 Å². The third-order valence-corrected chi connectivity index (χ3v) is 1.49. The fourth-order valence-electron chi connectivity index (χ4n) is 0.858. The molecule has 0 aliphatic carbocycles. The molecule has 0 aliphatic heterocycles. The number of nitrogens with one attached hydrogen (secondary N) is 1. The van der Waals surface area contributed by atoms with Crippen LogP contribution in [0.3, 0.4) is 0 Å². The predicted octanol–water partition coefficient (Wildman–Crippen LogP) is 0.667. The molecule has 3 heteroatoms. The van der Waals surface area contributed by atoms with Crippen LogP contribution in [0.15, 0.2) is 12.1 Å². The maximum absolute atomic E-state index is 9.35. The highest BCUT2D eigenvalue weighted by Gasteiger charge is 1.97. The minimum atomic E-state index is 0.134. The third kappa shape index (κ3) is 2.77. The monoisotopic (exact) mass is 176 g/mol. The van der Waals surface area contributed by atoms with E-state index in [9.17, 15) is 5.11 Å². The Labute approximate surface area is 77.8 Å². The first-order chi connectivity index (χ1) is 6.24. The summed E-state index contributed by atoms with van der Waals surface area (Å²) in [6, 6.07) is 3.35. The summed E-state index contributed by atoms with van der Waals surface area (Å²) in [5.41, 5.74) is 1.29. The Kier molecular flexibility index (Phi) is 3.30. The number of hydrogen-bond donors (Lipinski definition) is 2. The molecule has 1 heterocycles. The second-order valence-corrected chi connectivity index (χ2v) is 2.65. The molecule has 0 aliphatic rings. The van der Waals surface area contributed by atoms with E-state index < -0.39 is 0 Å². The molecule has 68 valence electrons. The summed E-state index contributed by atoms with van der Waals surface area (Å²) in [4.78, 5) is 4.09. The van der Waals surface area contributed by atoms with E-state index in [1.165, 1.54) is 0 Å². The first kappa shape index (κ1) is 9.56. The molecule has 2 N–H and O–H groups in total. The van der Waals surface area contributed by atoms with Gasteiger partial charge in [0.2, 0.25) is 0 Å². The van der Waals surface area contributed by atoms with E-state index in [0.717, 1.165) is 5.69 Å². The molecule has 1 aromatic heterocycles. The third-order valence-electron chi connectivity index (χ3n) is 1.49. The fourth-order valence-corrected chi connectivity index (χ4v) is 0.858. The molecule has 3 nitrogen and oxygen atoms in total. The van der Waals surface area contributed by atoms with Gasteiger partial charge in [0.15, 0.2) is 5.69 Å². The van der Waals surface area contributed by atoms with Crippen LogP contribution < -0.4 is 5.32 Å². The average molecular weight is 176 g/mol. The lowest BCUT2D eigenvalue weighted by Gasteiger charge is -1.96. The van der Waals surface area contributed by atoms with Crippen molar-refractivity contribution in [3.8, 4) is 17.6 Å². The van der Waals surface area contributed by atoms with E-state index in [1.807, 2.05) is 14.0 Å². The number of aryl methyl sites for hydroxylation is 1. The molecule has 0 aromatic carbocycles. The molecule has 1 aromatic rings. The highest BCUT2D eigenvalue weighted by Crippen LogP contribution is 2.12. The van der Waals surface area contributed by atoms with Crippen LogP contribution in [0.1, 0.15) is 11.4 Å².